The molecule has 4 rings (SSSR count). The van der Waals surface area contributed by atoms with Gasteiger partial charge in [0.1, 0.15) is 17.8 Å². The normalized spacial score (nSPS) is 12.2. The SMILES string of the molecule is C[C@H](CNC(=O)c1cc(-c2ccc(F)cc2)nc2ncnn12)Cn1cccn1. The second-order valence-electron chi connectivity index (χ2n) is 6.55. The van der Waals surface area contributed by atoms with Gasteiger partial charge in [0.2, 0.25) is 0 Å². The summed E-state index contributed by atoms with van der Waals surface area (Å²) in [4.78, 5) is 21.3. The van der Waals surface area contributed by atoms with Crippen molar-refractivity contribution in [3.63, 3.8) is 0 Å². The number of hydrogen-bond acceptors (Lipinski definition) is 5. The number of fused-ring (bicyclic) bond motifs is 1. The predicted molar refractivity (Wildman–Crippen MR) is 99.9 cm³/mol. The lowest BCUT2D eigenvalue weighted by molar-refractivity contribution is 0.0939. The van der Waals surface area contributed by atoms with Gasteiger partial charge < -0.3 is 5.32 Å². The maximum absolute atomic E-state index is 13.2. The molecule has 142 valence electrons. The molecule has 8 nitrogen and oxygen atoms in total. The first-order chi connectivity index (χ1) is 13.6. The quantitative estimate of drug-likeness (QED) is 0.555. The van der Waals surface area contributed by atoms with Gasteiger partial charge in [-0.2, -0.15) is 19.7 Å². The third kappa shape index (κ3) is 3.73. The van der Waals surface area contributed by atoms with E-state index >= 15 is 0 Å². The molecule has 3 heterocycles. The lowest BCUT2D eigenvalue weighted by Crippen LogP contribution is -2.31. The zero-order valence-corrected chi connectivity index (χ0v) is 15.2. The summed E-state index contributed by atoms with van der Waals surface area (Å²) in [5.74, 6) is -0.130. The van der Waals surface area contributed by atoms with Crippen LogP contribution in [0.2, 0.25) is 0 Å². The number of benzene rings is 1. The minimum atomic E-state index is -0.337. The standard InChI is InChI=1S/C19H18FN7O/c1-13(11-26-8-2-7-23-26)10-21-18(28)17-9-16(14-3-5-15(20)6-4-14)25-19-22-12-24-27(17)19/h2-9,12-13H,10-11H2,1H3,(H,21,28)/t13-/m1/s1. The Morgan fingerprint density at radius 3 is 2.82 bits per heavy atom. The van der Waals surface area contributed by atoms with Crippen molar-refractivity contribution in [2.24, 2.45) is 5.92 Å². The number of nitrogens with zero attached hydrogens (tertiary/aromatic N) is 6. The van der Waals surface area contributed by atoms with E-state index in [1.165, 1.54) is 23.0 Å². The molecule has 4 aromatic rings. The molecule has 28 heavy (non-hydrogen) atoms. The molecule has 0 bridgehead atoms. The fourth-order valence-corrected chi connectivity index (χ4v) is 2.89. The first kappa shape index (κ1) is 17.8. The summed E-state index contributed by atoms with van der Waals surface area (Å²) >= 11 is 0. The van der Waals surface area contributed by atoms with Crippen LogP contribution in [0.25, 0.3) is 17.0 Å². The molecule has 1 atom stereocenters. The number of amides is 1. The Hall–Kier alpha value is -3.62. The highest BCUT2D eigenvalue weighted by atomic mass is 19.1. The van der Waals surface area contributed by atoms with E-state index in [9.17, 15) is 9.18 Å². The van der Waals surface area contributed by atoms with E-state index in [0.29, 0.717) is 35.8 Å². The zero-order chi connectivity index (χ0) is 19.5. The number of hydrogen-bond donors (Lipinski definition) is 1. The van der Waals surface area contributed by atoms with Crippen LogP contribution in [-0.2, 0) is 6.54 Å². The molecular weight excluding hydrogens is 361 g/mol. The zero-order valence-electron chi connectivity index (χ0n) is 15.2. The predicted octanol–water partition coefficient (Wildman–Crippen LogP) is 2.19. The summed E-state index contributed by atoms with van der Waals surface area (Å²) in [6.45, 7) is 3.20. The molecule has 0 aliphatic heterocycles. The highest BCUT2D eigenvalue weighted by molar-refractivity contribution is 5.94. The number of nitrogens with one attached hydrogen (secondary N) is 1. The monoisotopic (exact) mass is 379 g/mol. The topological polar surface area (TPSA) is 90.0 Å². The fourth-order valence-electron chi connectivity index (χ4n) is 2.89. The lowest BCUT2D eigenvalue weighted by Gasteiger charge is -2.13. The maximum Gasteiger partial charge on any atom is 0.270 e. The Bertz CT molecular complexity index is 1090. The van der Waals surface area contributed by atoms with Crippen molar-refractivity contribution in [3.05, 3.63) is 66.6 Å². The van der Waals surface area contributed by atoms with Gasteiger partial charge in [0, 0.05) is 31.0 Å². The molecule has 9 heteroatoms. The summed E-state index contributed by atoms with van der Waals surface area (Å²) in [5, 5.41) is 11.2. The van der Waals surface area contributed by atoms with E-state index in [4.69, 9.17) is 0 Å². The first-order valence-corrected chi connectivity index (χ1v) is 8.82. The van der Waals surface area contributed by atoms with Crippen LogP contribution in [0, 0.1) is 11.7 Å². The first-order valence-electron chi connectivity index (χ1n) is 8.82. The van der Waals surface area contributed by atoms with Gasteiger partial charge in [0.05, 0.1) is 5.69 Å². The second-order valence-corrected chi connectivity index (χ2v) is 6.55. The lowest BCUT2D eigenvalue weighted by atomic mass is 10.1. The Labute approximate surface area is 160 Å². The van der Waals surface area contributed by atoms with Crippen molar-refractivity contribution in [1.29, 1.82) is 0 Å². The van der Waals surface area contributed by atoms with Gasteiger partial charge in [-0.3, -0.25) is 9.48 Å². The van der Waals surface area contributed by atoms with E-state index in [-0.39, 0.29) is 17.6 Å². The Morgan fingerprint density at radius 2 is 2.07 bits per heavy atom. The maximum atomic E-state index is 13.2. The number of rotatable bonds is 6. The second kappa shape index (κ2) is 7.55. The van der Waals surface area contributed by atoms with E-state index in [2.05, 4.69) is 25.5 Å². The molecule has 0 spiro atoms. The van der Waals surface area contributed by atoms with Gasteiger partial charge in [-0.25, -0.2) is 9.37 Å². The molecule has 0 aliphatic carbocycles. The summed E-state index contributed by atoms with van der Waals surface area (Å²) in [6.07, 6.45) is 4.95. The van der Waals surface area contributed by atoms with Crippen LogP contribution in [0.15, 0.2) is 55.1 Å². The van der Waals surface area contributed by atoms with Crippen molar-refractivity contribution in [1.82, 2.24) is 34.7 Å². The molecule has 0 unspecified atom stereocenters. The molecule has 0 aliphatic rings. The average molecular weight is 379 g/mol. The summed E-state index contributed by atoms with van der Waals surface area (Å²) in [5.41, 5.74) is 1.52. The van der Waals surface area contributed by atoms with Gasteiger partial charge in [0.15, 0.2) is 0 Å². The van der Waals surface area contributed by atoms with Crippen LogP contribution in [0.4, 0.5) is 4.39 Å². The van der Waals surface area contributed by atoms with Crippen molar-refractivity contribution in [2.75, 3.05) is 6.54 Å². The van der Waals surface area contributed by atoms with Crippen LogP contribution >= 0.6 is 0 Å². The molecule has 1 aromatic carbocycles. The minimum absolute atomic E-state index is 0.188. The van der Waals surface area contributed by atoms with Crippen molar-refractivity contribution >= 4 is 11.7 Å². The van der Waals surface area contributed by atoms with E-state index in [1.807, 2.05) is 23.9 Å². The molecule has 0 radical (unpaired) electrons. The highest BCUT2D eigenvalue weighted by Gasteiger charge is 2.16. The molecule has 0 fully saturated rings. The highest BCUT2D eigenvalue weighted by Crippen LogP contribution is 2.19. The third-order valence-corrected chi connectivity index (χ3v) is 4.29. The molecule has 3 aromatic heterocycles. The Balaban J connectivity index is 1.55. The third-order valence-electron chi connectivity index (χ3n) is 4.29. The molecular formula is C19H18FN7O. The molecule has 1 amide bonds. The van der Waals surface area contributed by atoms with Gasteiger partial charge in [-0.15, -0.1) is 0 Å². The number of halogens is 1. The van der Waals surface area contributed by atoms with E-state index < -0.39 is 0 Å². The smallest absolute Gasteiger partial charge is 0.270 e. The van der Waals surface area contributed by atoms with Crippen molar-refractivity contribution in [2.45, 2.75) is 13.5 Å². The van der Waals surface area contributed by atoms with Crippen LogP contribution in [-0.4, -0.2) is 41.8 Å². The molecule has 0 saturated carbocycles. The molecule has 1 N–H and O–H groups in total. The molecule has 0 saturated heterocycles. The fraction of sp³-hybridized carbons (Fsp3) is 0.211. The number of carbonyl (C=O) groups is 1. The van der Waals surface area contributed by atoms with Crippen LogP contribution in [0.1, 0.15) is 17.4 Å². The van der Waals surface area contributed by atoms with Gasteiger partial charge in [0.25, 0.3) is 11.7 Å². The van der Waals surface area contributed by atoms with E-state index in [1.54, 1.807) is 24.4 Å². The van der Waals surface area contributed by atoms with Crippen LogP contribution < -0.4 is 5.32 Å². The Morgan fingerprint density at radius 1 is 1.25 bits per heavy atom. The number of carbonyl (C=O) groups excluding carboxylic acids is 1. The summed E-state index contributed by atoms with van der Waals surface area (Å²) in [6, 6.07) is 9.41. The summed E-state index contributed by atoms with van der Waals surface area (Å²) < 4.78 is 16.4. The average Bonchev–Trinajstić information content (AvgIpc) is 3.37. The summed E-state index contributed by atoms with van der Waals surface area (Å²) in [7, 11) is 0. The largest absolute Gasteiger partial charge is 0.350 e. The Kier molecular flexibility index (Phi) is 4.79. The minimum Gasteiger partial charge on any atom is -0.350 e. The van der Waals surface area contributed by atoms with Gasteiger partial charge in [-0.05, 0) is 42.3 Å². The van der Waals surface area contributed by atoms with Gasteiger partial charge >= 0.3 is 0 Å². The van der Waals surface area contributed by atoms with Crippen molar-refractivity contribution in [3.8, 4) is 11.3 Å². The number of aromatic nitrogens is 6. The van der Waals surface area contributed by atoms with Crippen LogP contribution in [0.3, 0.4) is 0 Å². The van der Waals surface area contributed by atoms with E-state index in [0.717, 1.165) is 0 Å². The van der Waals surface area contributed by atoms with Gasteiger partial charge in [-0.1, -0.05) is 6.92 Å². The van der Waals surface area contributed by atoms with Crippen LogP contribution in [0.5, 0.6) is 0 Å². The van der Waals surface area contributed by atoms with Crippen molar-refractivity contribution < 1.29 is 9.18 Å².